The molecule has 1 aliphatic carbocycles. The van der Waals surface area contributed by atoms with Gasteiger partial charge in [-0.3, -0.25) is 0 Å². The number of aliphatic hydroxyl groups excluding tert-OH is 2. The van der Waals surface area contributed by atoms with Gasteiger partial charge >= 0.3 is 0 Å². The van der Waals surface area contributed by atoms with E-state index in [1.165, 1.54) is 0 Å². The molecule has 11 heavy (non-hydrogen) atoms. The molecule has 1 rings (SSSR count). The van der Waals surface area contributed by atoms with Gasteiger partial charge in [-0.15, -0.1) is 12.4 Å². The normalized spacial score (nSPS) is 37.9. The number of halogens is 1. The lowest BCUT2D eigenvalue weighted by Crippen LogP contribution is -2.33. The third-order valence-corrected chi connectivity index (χ3v) is 2.09. The summed E-state index contributed by atoms with van der Waals surface area (Å²) in [7, 11) is 0. The Morgan fingerprint density at radius 2 is 1.55 bits per heavy atom. The number of hydrogen-bond acceptors (Lipinski definition) is 3. The Kier molecular flexibility index (Phi) is 5.01. The van der Waals surface area contributed by atoms with Gasteiger partial charge < -0.3 is 15.9 Å². The van der Waals surface area contributed by atoms with Crippen LogP contribution in [0.1, 0.15) is 19.3 Å². The van der Waals surface area contributed by atoms with Gasteiger partial charge in [0.15, 0.2) is 0 Å². The summed E-state index contributed by atoms with van der Waals surface area (Å²) in [4.78, 5) is 0. The van der Waals surface area contributed by atoms with Gasteiger partial charge in [0.1, 0.15) is 0 Å². The first-order valence-corrected chi connectivity index (χ1v) is 3.78. The van der Waals surface area contributed by atoms with E-state index in [0.717, 1.165) is 12.8 Å². The Morgan fingerprint density at radius 1 is 1.09 bits per heavy atom. The lowest BCUT2D eigenvalue weighted by molar-refractivity contribution is 0.0163. The molecule has 0 aromatic rings. The molecule has 0 aromatic carbocycles. The Balaban J connectivity index is 0.000001000. The highest BCUT2D eigenvalue weighted by Gasteiger charge is 2.24. The Hall–Kier alpha value is 0.170. The molecule has 0 amide bonds. The SMILES string of the molecule is Cl.NCC1CC(O)CC(O)C1. The van der Waals surface area contributed by atoms with Crippen molar-refractivity contribution in [2.45, 2.75) is 31.5 Å². The molecule has 3 nitrogen and oxygen atoms in total. The second-order valence-corrected chi connectivity index (χ2v) is 3.12. The monoisotopic (exact) mass is 181 g/mol. The fraction of sp³-hybridized carbons (Fsp3) is 1.00. The number of aliphatic hydroxyl groups is 2. The molecule has 1 aliphatic rings. The third kappa shape index (κ3) is 3.38. The van der Waals surface area contributed by atoms with E-state index in [1.54, 1.807) is 0 Å². The molecule has 68 valence electrons. The van der Waals surface area contributed by atoms with Crippen molar-refractivity contribution in [2.24, 2.45) is 11.7 Å². The van der Waals surface area contributed by atoms with Crippen LogP contribution in [0.25, 0.3) is 0 Å². The van der Waals surface area contributed by atoms with Gasteiger partial charge in [0.05, 0.1) is 12.2 Å². The van der Waals surface area contributed by atoms with Crippen LogP contribution < -0.4 is 5.73 Å². The highest BCUT2D eigenvalue weighted by molar-refractivity contribution is 5.85. The predicted molar refractivity (Wildman–Crippen MR) is 45.7 cm³/mol. The Labute approximate surface area is 73.0 Å². The second kappa shape index (κ2) is 4.93. The van der Waals surface area contributed by atoms with E-state index < -0.39 is 0 Å². The molecule has 2 unspecified atom stereocenters. The van der Waals surface area contributed by atoms with E-state index in [9.17, 15) is 0 Å². The Morgan fingerprint density at radius 3 is 1.91 bits per heavy atom. The van der Waals surface area contributed by atoms with Crippen LogP contribution in [0.2, 0.25) is 0 Å². The van der Waals surface area contributed by atoms with Crippen LogP contribution in [0.15, 0.2) is 0 Å². The highest BCUT2D eigenvalue weighted by Crippen LogP contribution is 2.23. The fourth-order valence-corrected chi connectivity index (χ4v) is 1.56. The average Bonchev–Trinajstić information content (AvgIpc) is 1.85. The van der Waals surface area contributed by atoms with E-state index in [0.29, 0.717) is 18.9 Å². The average molecular weight is 182 g/mol. The molecule has 0 aliphatic heterocycles. The number of nitrogens with two attached hydrogens (primary N) is 1. The maximum Gasteiger partial charge on any atom is 0.0568 e. The van der Waals surface area contributed by atoms with Gasteiger partial charge in [-0.1, -0.05) is 0 Å². The molecule has 0 bridgehead atoms. The summed E-state index contributed by atoms with van der Waals surface area (Å²) in [6.45, 7) is 0.577. The van der Waals surface area contributed by atoms with Crippen molar-refractivity contribution in [3.8, 4) is 0 Å². The van der Waals surface area contributed by atoms with E-state index in [2.05, 4.69) is 0 Å². The van der Waals surface area contributed by atoms with Crippen LogP contribution in [0.3, 0.4) is 0 Å². The Bertz CT molecular complexity index is 103. The summed E-state index contributed by atoms with van der Waals surface area (Å²) in [5.74, 6) is 0.318. The van der Waals surface area contributed by atoms with E-state index >= 15 is 0 Å². The minimum absolute atomic E-state index is 0. The van der Waals surface area contributed by atoms with Crippen molar-refractivity contribution < 1.29 is 10.2 Å². The molecular formula is C7H16ClNO2. The van der Waals surface area contributed by atoms with Crippen LogP contribution in [0, 0.1) is 5.92 Å². The first-order valence-electron chi connectivity index (χ1n) is 3.78. The van der Waals surface area contributed by atoms with Crippen molar-refractivity contribution >= 4 is 12.4 Å². The highest BCUT2D eigenvalue weighted by atomic mass is 35.5. The molecule has 0 spiro atoms. The first kappa shape index (κ1) is 11.2. The molecule has 4 N–H and O–H groups in total. The zero-order chi connectivity index (χ0) is 7.56. The molecule has 1 saturated carbocycles. The second-order valence-electron chi connectivity index (χ2n) is 3.12. The molecule has 4 heteroatoms. The first-order chi connectivity index (χ1) is 4.72. The van der Waals surface area contributed by atoms with E-state index in [-0.39, 0.29) is 24.6 Å². The van der Waals surface area contributed by atoms with E-state index in [4.69, 9.17) is 15.9 Å². The summed E-state index contributed by atoms with van der Waals surface area (Å²) < 4.78 is 0. The van der Waals surface area contributed by atoms with Crippen LogP contribution in [0.4, 0.5) is 0 Å². The van der Waals surface area contributed by atoms with Gasteiger partial charge in [0, 0.05) is 0 Å². The van der Waals surface area contributed by atoms with Gasteiger partial charge in [-0.2, -0.15) is 0 Å². The summed E-state index contributed by atoms with van der Waals surface area (Å²) in [6, 6.07) is 0. The standard InChI is InChI=1S/C7H15NO2.ClH/c8-4-5-1-6(9)3-7(10)2-5;/h5-7,9-10H,1-4,8H2;1H. The molecule has 0 heterocycles. The van der Waals surface area contributed by atoms with Crippen molar-refractivity contribution in [2.75, 3.05) is 6.54 Å². The van der Waals surface area contributed by atoms with Crippen molar-refractivity contribution in [3.63, 3.8) is 0 Å². The molecule has 1 fully saturated rings. The number of hydrogen-bond donors (Lipinski definition) is 3. The van der Waals surface area contributed by atoms with Crippen LogP contribution in [0.5, 0.6) is 0 Å². The molecule has 0 radical (unpaired) electrons. The minimum Gasteiger partial charge on any atom is -0.393 e. The largest absolute Gasteiger partial charge is 0.393 e. The molecule has 2 atom stereocenters. The van der Waals surface area contributed by atoms with Gasteiger partial charge in [-0.25, -0.2) is 0 Å². The maximum absolute atomic E-state index is 9.17. The summed E-state index contributed by atoms with van der Waals surface area (Å²) >= 11 is 0. The zero-order valence-electron chi connectivity index (χ0n) is 6.44. The lowest BCUT2D eigenvalue weighted by atomic mass is 9.85. The summed E-state index contributed by atoms with van der Waals surface area (Å²) in [5.41, 5.74) is 5.41. The van der Waals surface area contributed by atoms with Crippen molar-refractivity contribution in [1.82, 2.24) is 0 Å². The number of rotatable bonds is 1. The topological polar surface area (TPSA) is 66.5 Å². The molecular weight excluding hydrogens is 166 g/mol. The van der Waals surface area contributed by atoms with Crippen LogP contribution in [-0.2, 0) is 0 Å². The lowest BCUT2D eigenvalue weighted by Gasteiger charge is -2.28. The van der Waals surface area contributed by atoms with Gasteiger partial charge in [0.2, 0.25) is 0 Å². The van der Waals surface area contributed by atoms with Crippen molar-refractivity contribution in [3.05, 3.63) is 0 Å². The predicted octanol–water partition coefficient (Wildman–Crippen LogP) is -0.111. The van der Waals surface area contributed by atoms with Gasteiger partial charge in [-0.05, 0) is 31.7 Å². The maximum atomic E-state index is 9.17. The quantitative estimate of drug-likeness (QED) is 0.529. The zero-order valence-corrected chi connectivity index (χ0v) is 7.26. The molecule has 0 saturated heterocycles. The molecule has 0 aromatic heterocycles. The third-order valence-electron chi connectivity index (χ3n) is 2.09. The fourth-order valence-electron chi connectivity index (χ4n) is 1.56. The van der Waals surface area contributed by atoms with E-state index in [1.807, 2.05) is 0 Å². The van der Waals surface area contributed by atoms with Crippen molar-refractivity contribution in [1.29, 1.82) is 0 Å². The van der Waals surface area contributed by atoms with Gasteiger partial charge in [0.25, 0.3) is 0 Å². The summed E-state index contributed by atoms with van der Waals surface area (Å²) in [5, 5.41) is 18.3. The van der Waals surface area contributed by atoms with Crippen LogP contribution >= 0.6 is 12.4 Å². The smallest absolute Gasteiger partial charge is 0.0568 e. The summed E-state index contributed by atoms with van der Waals surface area (Å²) in [6.07, 6.45) is 1.37. The van der Waals surface area contributed by atoms with Crippen LogP contribution in [-0.4, -0.2) is 29.0 Å². The minimum atomic E-state index is -0.336.